The van der Waals surface area contributed by atoms with Crippen LogP contribution in [0.2, 0.25) is 5.02 Å². The first-order valence-electron chi connectivity index (χ1n) is 10.0. The molecule has 1 unspecified atom stereocenters. The Balaban J connectivity index is 1.68. The normalized spacial score (nSPS) is 15.7. The maximum absolute atomic E-state index is 13.2. The van der Waals surface area contributed by atoms with Gasteiger partial charge in [-0.3, -0.25) is 14.6 Å². The molecule has 31 heavy (non-hydrogen) atoms. The van der Waals surface area contributed by atoms with Gasteiger partial charge in [0.05, 0.1) is 11.4 Å². The van der Waals surface area contributed by atoms with Gasteiger partial charge < -0.3 is 10.2 Å². The number of hydrogen-bond donors (Lipinski definition) is 1. The number of aliphatic imine (C=N–C) groups is 1. The highest BCUT2D eigenvalue weighted by atomic mass is 35.5. The van der Waals surface area contributed by atoms with Gasteiger partial charge in [-0.1, -0.05) is 66.2 Å². The Kier molecular flexibility index (Phi) is 5.87. The smallest absolute Gasteiger partial charge is 0.252 e. The van der Waals surface area contributed by atoms with Crippen LogP contribution in [0, 0.1) is 6.92 Å². The molecule has 4 rings (SSSR count). The predicted octanol–water partition coefficient (Wildman–Crippen LogP) is 4.86. The van der Waals surface area contributed by atoms with Crippen molar-refractivity contribution >= 4 is 40.5 Å². The number of nitrogens with zero attached hydrogens (tertiary/aromatic N) is 2. The molecule has 1 N–H and O–H groups in total. The largest absolute Gasteiger partial charge is 0.324 e. The monoisotopic (exact) mass is 431 g/mol. The summed E-state index contributed by atoms with van der Waals surface area (Å²) < 4.78 is 0. The summed E-state index contributed by atoms with van der Waals surface area (Å²) in [4.78, 5) is 32.3. The number of benzodiazepines with no additional fused rings is 1. The molecule has 0 aromatic heterocycles. The number of nitrogens with one attached hydrogen (secondary N) is 1. The zero-order chi connectivity index (χ0) is 22.0. The second-order valence-electron chi connectivity index (χ2n) is 7.42. The van der Waals surface area contributed by atoms with E-state index in [4.69, 9.17) is 16.6 Å². The highest BCUT2D eigenvalue weighted by Gasteiger charge is 2.30. The standard InChI is InChI=1S/C25H22ClN3O2/c1-16-20(26)12-8-13-21(16)28-23(30)15-29-22-14-7-6-11-19(22)24(27-17(2)25(29)31)18-9-4-3-5-10-18/h3-14,17H,15H2,1-2H3,(H,28,30). The molecule has 1 heterocycles. The number of rotatable bonds is 4. The minimum Gasteiger partial charge on any atom is -0.324 e. The van der Waals surface area contributed by atoms with Gasteiger partial charge in [0.2, 0.25) is 5.91 Å². The molecular formula is C25H22ClN3O2. The lowest BCUT2D eigenvalue weighted by Gasteiger charge is -2.24. The Hall–Kier alpha value is -3.44. The Bertz CT molecular complexity index is 1170. The van der Waals surface area contributed by atoms with Crippen LogP contribution in [0.5, 0.6) is 0 Å². The quantitative estimate of drug-likeness (QED) is 0.641. The van der Waals surface area contributed by atoms with Crippen LogP contribution >= 0.6 is 11.6 Å². The van der Waals surface area contributed by atoms with E-state index in [1.807, 2.05) is 61.5 Å². The second kappa shape index (κ2) is 8.74. The van der Waals surface area contributed by atoms with Gasteiger partial charge >= 0.3 is 0 Å². The van der Waals surface area contributed by atoms with Gasteiger partial charge in [0.1, 0.15) is 12.6 Å². The molecule has 0 fully saturated rings. The summed E-state index contributed by atoms with van der Waals surface area (Å²) >= 11 is 6.16. The average molecular weight is 432 g/mol. The van der Waals surface area contributed by atoms with Crippen molar-refractivity contribution in [1.82, 2.24) is 0 Å². The predicted molar refractivity (Wildman–Crippen MR) is 125 cm³/mol. The maximum Gasteiger partial charge on any atom is 0.252 e. The molecule has 3 aromatic carbocycles. The summed E-state index contributed by atoms with van der Waals surface area (Å²) in [7, 11) is 0. The average Bonchev–Trinajstić information content (AvgIpc) is 2.88. The summed E-state index contributed by atoms with van der Waals surface area (Å²) in [5.74, 6) is -0.528. The summed E-state index contributed by atoms with van der Waals surface area (Å²) in [5.41, 5.74) is 4.56. The van der Waals surface area contributed by atoms with E-state index in [1.165, 1.54) is 4.90 Å². The summed E-state index contributed by atoms with van der Waals surface area (Å²) in [5, 5.41) is 3.45. The minimum atomic E-state index is -0.622. The Morgan fingerprint density at radius 3 is 2.52 bits per heavy atom. The molecule has 6 heteroatoms. The summed E-state index contributed by atoms with van der Waals surface area (Å²) in [6, 6.07) is 22.0. The van der Waals surface area contributed by atoms with Crippen LogP contribution in [0.4, 0.5) is 11.4 Å². The number of benzene rings is 3. The summed E-state index contributed by atoms with van der Waals surface area (Å²) in [6.07, 6.45) is 0. The van der Waals surface area contributed by atoms with Crippen molar-refractivity contribution in [3.05, 3.63) is 94.5 Å². The highest BCUT2D eigenvalue weighted by Crippen LogP contribution is 2.29. The number of fused-ring (bicyclic) bond motifs is 1. The number of anilines is 2. The Morgan fingerprint density at radius 1 is 1.03 bits per heavy atom. The van der Waals surface area contributed by atoms with Gasteiger partial charge in [-0.05, 0) is 37.6 Å². The van der Waals surface area contributed by atoms with E-state index in [0.717, 1.165) is 22.4 Å². The molecule has 1 atom stereocenters. The SMILES string of the molecule is Cc1c(Cl)cccc1NC(=O)CN1C(=O)C(C)N=C(c2ccccc2)c2ccccc21. The molecule has 0 saturated carbocycles. The van der Waals surface area contributed by atoms with Gasteiger partial charge in [-0.15, -0.1) is 0 Å². The fourth-order valence-electron chi connectivity index (χ4n) is 3.64. The van der Waals surface area contributed by atoms with E-state index in [-0.39, 0.29) is 18.4 Å². The fourth-order valence-corrected chi connectivity index (χ4v) is 3.81. The number of hydrogen-bond acceptors (Lipinski definition) is 3. The van der Waals surface area contributed by atoms with E-state index in [0.29, 0.717) is 16.4 Å². The zero-order valence-corrected chi connectivity index (χ0v) is 18.1. The molecule has 1 aliphatic heterocycles. The third-order valence-electron chi connectivity index (χ3n) is 5.29. The van der Waals surface area contributed by atoms with E-state index < -0.39 is 6.04 Å². The molecule has 0 spiro atoms. The van der Waals surface area contributed by atoms with Crippen LogP contribution in [0.1, 0.15) is 23.6 Å². The lowest BCUT2D eigenvalue weighted by molar-refractivity contribution is -0.122. The van der Waals surface area contributed by atoms with Crippen LogP contribution < -0.4 is 10.2 Å². The molecule has 5 nitrogen and oxygen atoms in total. The number of halogens is 1. The van der Waals surface area contributed by atoms with Crippen LogP contribution in [0.25, 0.3) is 0 Å². The van der Waals surface area contributed by atoms with Crippen LogP contribution in [-0.4, -0.2) is 30.1 Å². The van der Waals surface area contributed by atoms with E-state index >= 15 is 0 Å². The number of carbonyl (C=O) groups is 2. The number of amides is 2. The lowest BCUT2D eigenvalue weighted by atomic mass is 10.0. The molecule has 1 aliphatic rings. The van der Waals surface area contributed by atoms with Crippen molar-refractivity contribution in [3.63, 3.8) is 0 Å². The van der Waals surface area contributed by atoms with Crippen molar-refractivity contribution in [2.75, 3.05) is 16.8 Å². The molecule has 0 radical (unpaired) electrons. The molecule has 2 amide bonds. The first-order valence-corrected chi connectivity index (χ1v) is 10.4. The second-order valence-corrected chi connectivity index (χ2v) is 7.83. The topological polar surface area (TPSA) is 61.8 Å². The Morgan fingerprint density at radius 2 is 1.74 bits per heavy atom. The molecule has 156 valence electrons. The lowest BCUT2D eigenvalue weighted by Crippen LogP contribution is -2.42. The number of para-hydroxylation sites is 1. The molecule has 0 bridgehead atoms. The zero-order valence-electron chi connectivity index (χ0n) is 17.3. The van der Waals surface area contributed by atoms with Gasteiger partial charge in [0.25, 0.3) is 5.91 Å². The van der Waals surface area contributed by atoms with Crippen LogP contribution in [0.3, 0.4) is 0 Å². The summed E-state index contributed by atoms with van der Waals surface area (Å²) in [6.45, 7) is 3.47. The van der Waals surface area contributed by atoms with Gasteiger partial charge in [-0.25, -0.2) is 0 Å². The van der Waals surface area contributed by atoms with Crippen molar-refractivity contribution in [2.45, 2.75) is 19.9 Å². The van der Waals surface area contributed by atoms with Crippen molar-refractivity contribution in [2.24, 2.45) is 4.99 Å². The third-order valence-corrected chi connectivity index (χ3v) is 5.70. The first kappa shape index (κ1) is 20.8. The minimum absolute atomic E-state index is 0.121. The van der Waals surface area contributed by atoms with Gasteiger partial charge in [0, 0.05) is 21.8 Å². The fraction of sp³-hybridized carbons (Fsp3) is 0.160. The molecule has 0 saturated heterocycles. The first-order chi connectivity index (χ1) is 15.0. The van der Waals surface area contributed by atoms with E-state index in [2.05, 4.69) is 5.32 Å². The number of carbonyl (C=O) groups excluding carboxylic acids is 2. The van der Waals surface area contributed by atoms with E-state index in [9.17, 15) is 9.59 Å². The molecule has 3 aromatic rings. The molecule has 0 aliphatic carbocycles. The molecular weight excluding hydrogens is 410 g/mol. The van der Waals surface area contributed by atoms with Crippen LogP contribution in [0.15, 0.2) is 77.8 Å². The van der Waals surface area contributed by atoms with Crippen LogP contribution in [-0.2, 0) is 9.59 Å². The van der Waals surface area contributed by atoms with Crippen molar-refractivity contribution in [3.8, 4) is 0 Å². The van der Waals surface area contributed by atoms with E-state index in [1.54, 1.807) is 25.1 Å². The van der Waals surface area contributed by atoms with Crippen molar-refractivity contribution in [1.29, 1.82) is 0 Å². The Labute approximate surface area is 186 Å². The van der Waals surface area contributed by atoms with Gasteiger partial charge in [0.15, 0.2) is 0 Å². The third kappa shape index (κ3) is 4.23. The highest BCUT2D eigenvalue weighted by molar-refractivity contribution is 6.31. The van der Waals surface area contributed by atoms with Crippen molar-refractivity contribution < 1.29 is 9.59 Å². The maximum atomic E-state index is 13.2. The van der Waals surface area contributed by atoms with Gasteiger partial charge in [-0.2, -0.15) is 0 Å².